The maximum absolute atomic E-state index is 12.9. The Morgan fingerprint density at radius 1 is 1.26 bits per heavy atom. The lowest BCUT2D eigenvalue weighted by Gasteiger charge is -2.36. The molecule has 4 nitrogen and oxygen atoms in total. The first-order chi connectivity index (χ1) is 12.5. The lowest BCUT2D eigenvalue weighted by atomic mass is 9.69. The van der Waals surface area contributed by atoms with Gasteiger partial charge in [-0.15, -0.1) is 0 Å². The van der Waals surface area contributed by atoms with Crippen molar-refractivity contribution < 1.29 is 13.2 Å². The summed E-state index contributed by atoms with van der Waals surface area (Å²) in [5.41, 5.74) is -0.256. The molecule has 3 fully saturated rings. The zero-order valence-corrected chi connectivity index (χ0v) is 17.9. The lowest BCUT2D eigenvalue weighted by Crippen LogP contribution is -2.43. The molecule has 2 bridgehead atoms. The Kier molecular flexibility index (Phi) is 4.99. The minimum Gasteiger partial charge on any atom is -0.269 e. The van der Waals surface area contributed by atoms with Gasteiger partial charge >= 0.3 is 0 Å². The van der Waals surface area contributed by atoms with Crippen LogP contribution in [-0.2, 0) is 14.8 Å². The number of rotatable bonds is 6. The van der Waals surface area contributed by atoms with Crippen molar-refractivity contribution in [1.82, 2.24) is 4.31 Å². The second-order valence-electron chi connectivity index (χ2n) is 9.89. The molecule has 0 aromatic heterocycles. The summed E-state index contributed by atoms with van der Waals surface area (Å²) in [6.45, 7) is 12.3. The molecule has 0 aromatic rings. The SMILES string of the molecule is C=C/C=C/CC(C)(C)C/C=C/C(=O)N1[C@H]2C[C@H]3CC[C@]2(CS1(=O)=O)C3(C)C. The summed E-state index contributed by atoms with van der Waals surface area (Å²) in [5.74, 6) is 0.288. The van der Waals surface area contributed by atoms with Gasteiger partial charge in [0.1, 0.15) is 0 Å². The number of fused-ring (bicyclic) bond motifs is 1. The van der Waals surface area contributed by atoms with Crippen molar-refractivity contribution >= 4 is 15.9 Å². The molecule has 27 heavy (non-hydrogen) atoms. The van der Waals surface area contributed by atoms with Crippen molar-refractivity contribution in [3.63, 3.8) is 0 Å². The molecule has 0 radical (unpaired) electrons. The first kappa shape index (κ1) is 20.4. The molecular formula is C22H33NO3S. The van der Waals surface area contributed by atoms with E-state index >= 15 is 0 Å². The minimum atomic E-state index is -3.53. The topological polar surface area (TPSA) is 54.5 Å². The third-order valence-corrected chi connectivity index (χ3v) is 9.42. The molecule has 1 amide bonds. The molecule has 1 spiro atoms. The summed E-state index contributed by atoms with van der Waals surface area (Å²) < 4.78 is 27.0. The zero-order chi connectivity index (χ0) is 20.1. The monoisotopic (exact) mass is 391 g/mol. The number of allylic oxidation sites excluding steroid dienone is 4. The second-order valence-corrected chi connectivity index (χ2v) is 11.7. The summed E-state index contributed by atoms with van der Waals surface area (Å²) in [4.78, 5) is 12.9. The molecule has 3 rings (SSSR count). The molecule has 0 aromatic carbocycles. The Hall–Kier alpha value is -1.36. The quantitative estimate of drug-likeness (QED) is 0.496. The van der Waals surface area contributed by atoms with Crippen LogP contribution in [0.15, 0.2) is 37.0 Å². The van der Waals surface area contributed by atoms with Crippen LogP contribution in [0.4, 0.5) is 0 Å². The van der Waals surface area contributed by atoms with E-state index in [1.54, 1.807) is 6.08 Å². The van der Waals surface area contributed by atoms with Gasteiger partial charge in [0.2, 0.25) is 10.0 Å². The molecule has 5 heteroatoms. The fourth-order valence-electron chi connectivity index (χ4n) is 5.70. The first-order valence-corrected chi connectivity index (χ1v) is 11.6. The third-order valence-electron chi connectivity index (χ3n) is 7.50. The van der Waals surface area contributed by atoms with Gasteiger partial charge < -0.3 is 0 Å². The van der Waals surface area contributed by atoms with Crippen LogP contribution in [0, 0.1) is 22.2 Å². The largest absolute Gasteiger partial charge is 0.269 e. The Balaban J connectivity index is 1.74. The Bertz CT molecular complexity index is 790. The van der Waals surface area contributed by atoms with Gasteiger partial charge in [0, 0.05) is 11.5 Å². The van der Waals surface area contributed by atoms with Crippen LogP contribution in [-0.4, -0.2) is 30.4 Å². The number of hydrogen-bond donors (Lipinski definition) is 0. The van der Waals surface area contributed by atoms with Gasteiger partial charge in [-0.25, -0.2) is 12.7 Å². The predicted octanol–water partition coefficient (Wildman–Crippen LogP) is 4.46. The van der Waals surface area contributed by atoms with Crippen LogP contribution in [0.1, 0.15) is 59.8 Å². The summed E-state index contributed by atoms with van der Waals surface area (Å²) in [6.07, 6.45) is 13.5. The fourth-order valence-corrected chi connectivity index (χ4v) is 8.21. The van der Waals surface area contributed by atoms with Crippen molar-refractivity contribution in [2.24, 2.45) is 22.2 Å². The third kappa shape index (κ3) is 3.22. The molecule has 0 N–H and O–H groups in total. The van der Waals surface area contributed by atoms with E-state index in [9.17, 15) is 13.2 Å². The highest BCUT2D eigenvalue weighted by atomic mass is 32.2. The van der Waals surface area contributed by atoms with Crippen molar-refractivity contribution in [1.29, 1.82) is 0 Å². The summed E-state index contributed by atoms with van der Waals surface area (Å²) in [7, 11) is -3.53. The van der Waals surface area contributed by atoms with Gasteiger partial charge in [0.05, 0.1) is 11.8 Å². The van der Waals surface area contributed by atoms with E-state index in [-0.39, 0.29) is 33.9 Å². The average Bonchev–Trinajstić information content (AvgIpc) is 3.01. The number of carbonyl (C=O) groups excluding carboxylic acids is 1. The summed E-state index contributed by atoms with van der Waals surface area (Å²) in [6, 6.07) is -0.156. The maximum atomic E-state index is 12.9. The van der Waals surface area contributed by atoms with Crippen molar-refractivity contribution in [3.05, 3.63) is 37.0 Å². The maximum Gasteiger partial charge on any atom is 0.259 e. The van der Waals surface area contributed by atoms with Crippen molar-refractivity contribution in [3.8, 4) is 0 Å². The Morgan fingerprint density at radius 2 is 1.93 bits per heavy atom. The number of sulfonamides is 1. The molecule has 150 valence electrons. The van der Waals surface area contributed by atoms with Crippen LogP contribution in [0.3, 0.4) is 0 Å². The van der Waals surface area contributed by atoms with Crippen molar-refractivity contribution in [2.45, 2.75) is 65.8 Å². The summed E-state index contributed by atoms with van der Waals surface area (Å²) >= 11 is 0. The number of carbonyl (C=O) groups is 1. The molecule has 2 saturated carbocycles. The molecular weight excluding hydrogens is 358 g/mol. The molecule has 1 heterocycles. The van der Waals surface area contributed by atoms with Gasteiger partial charge in [-0.3, -0.25) is 4.79 Å². The lowest BCUT2D eigenvalue weighted by molar-refractivity contribution is -0.124. The van der Waals surface area contributed by atoms with Gasteiger partial charge in [-0.1, -0.05) is 58.6 Å². The highest BCUT2D eigenvalue weighted by molar-refractivity contribution is 7.90. The number of nitrogens with zero attached hydrogens (tertiary/aromatic N) is 1. The van der Waals surface area contributed by atoms with E-state index in [1.807, 2.05) is 12.2 Å². The zero-order valence-electron chi connectivity index (χ0n) is 17.1. The van der Waals surface area contributed by atoms with E-state index in [0.717, 1.165) is 32.1 Å². The molecule has 2 aliphatic carbocycles. The Labute approximate surface area is 164 Å². The molecule has 0 unspecified atom stereocenters. The predicted molar refractivity (Wildman–Crippen MR) is 109 cm³/mol. The smallest absolute Gasteiger partial charge is 0.259 e. The second kappa shape index (κ2) is 6.61. The molecule has 3 aliphatic rings. The molecule has 1 saturated heterocycles. The van der Waals surface area contributed by atoms with E-state index in [4.69, 9.17) is 0 Å². The fraction of sp³-hybridized carbons (Fsp3) is 0.682. The van der Waals surface area contributed by atoms with Crippen LogP contribution >= 0.6 is 0 Å². The van der Waals surface area contributed by atoms with E-state index < -0.39 is 10.0 Å². The number of amides is 1. The normalized spacial score (nSPS) is 33.9. The van der Waals surface area contributed by atoms with Crippen LogP contribution in [0.2, 0.25) is 0 Å². The van der Waals surface area contributed by atoms with E-state index in [2.05, 4.69) is 40.3 Å². The van der Waals surface area contributed by atoms with Crippen LogP contribution in [0.5, 0.6) is 0 Å². The van der Waals surface area contributed by atoms with E-state index in [0.29, 0.717) is 5.92 Å². The summed E-state index contributed by atoms with van der Waals surface area (Å²) in [5, 5.41) is 0. The van der Waals surface area contributed by atoms with Gasteiger partial charge in [0.25, 0.3) is 5.91 Å². The van der Waals surface area contributed by atoms with E-state index in [1.165, 1.54) is 10.4 Å². The van der Waals surface area contributed by atoms with Gasteiger partial charge in [-0.05, 0) is 48.9 Å². The minimum absolute atomic E-state index is 0.00974. The van der Waals surface area contributed by atoms with Crippen LogP contribution < -0.4 is 0 Å². The van der Waals surface area contributed by atoms with Crippen LogP contribution in [0.25, 0.3) is 0 Å². The average molecular weight is 392 g/mol. The highest BCUT2D eigenvalue weighted by Gasteiger charge is 2.72. The standard InChI is InChI=1S/C22H33NO3S/c1-6-7-8-12-20(2,3)13-9-10-19(24)23-18-15-17-11-14-22(18,21(17,4)5)16-27(23,25)26/h6-10,17-18H,1,11-16H2,2-5H3/b8-7+,10-9+/t17-,18+,22-/m1/s1. The van der Waals surface area contributed by atoms with Crippen molar-refractivity contribution in [2.75, 3.05) is 5.75 Å². The highest BCUT2D eigenvalue weighted by Crippen LogP contribution is 2.69. The van der Waals surface area contributed by atoms with Gasteiger partial charge in [0.15, 0.2) is 0 Å². The number of hydrogen-bond acceptors (Lipinski definition) is 3. The Morgan fingerprint density at radius 3 is 2.56 bits per heavy atom. The molecule has 1 aliphatic heterocycles. The first-order valence-electron chi connectivity index (χ1n) is 9.97. The molecule has 3 atom stereocenters. The van der Waals surface area contributed by atoms with Gasteiger partial charge in [-0.2, -0.15) is 0 Å².